The predicted octanol–water partition coefficient (Wildman–Crippen LogP) is 1.32. The molecule has 4 heteroatoms. The molecule has 2 rings (SSSR count). The van der Waals surface area contributed by atoms with E-state index in [1.165, 1.54) is 0 Å². The van der Waals surface area contributed by atoms with Crippen molar-refractivity contribution in [3.05, 3.63) is 57.6 Å². The monoisotopic (exact) mass is 204 g/mol. The van der Waals surface area contributed by atoms with Gasteiger partial charge in [-0.15, -0.1) is 0 Å². The van der Waals surface area contributed by atoms with E-state index in [-0.39, 0.29) is 5.56 Å². The summed E-state index contributed by atoms with van der Waals surface area (Å²) in [6.07, 6.45) is 0. The lowest BCUT2D eigenvalue weighted by Gasteiger charge is -2.08. The summed E-state index contributed by atoms with van der Waals surface area (Å²) in [5, 5.41) is 2.28. The van der Waals surface area contributed by atoms with Gasteiger partial charge in [-0.2, -0.15) is 5.16 Å². The highest BCUT2D eigenvalue weighted by Gasteiger charge is 2.17. The lowest BCUT2D eigenvalue weighted by Crippen LogP contribution is -2.13. The van der Waals surface area contributed by atoms with Crippen LogP contribution in [0.5, 0.6) is 0 Å². The smallest absolute Gasteiger partial charge is 0.283 e. The zero-order valence-electron chi connectivity index (χ0n) is 8.36. The van der Waals surface area contributed by atoms with Gasteiger partial charge in [0.25, 0.3) is 5.56 Å². The second kappa shape index (κ2) is 3.74. The molecule has 1 unspecified atom stereocenters. The molecule has 0 aliphatic heterocycles. The summed E-state index contributed by atoms with van der Waals surface area (Å²) in [6.45, 7) is 1.69. The summed E-state index contributed by atoms with van der Waals surface area (Å²) in [4.78, 5) is 11.2. The van der Waals surface area contributed by atoms with Crippen LogP contribution in [0, 0.1) is 6.92 Å². The van der Waals surface area contributed by atoms with Crippen LogP contribution in [0.15, 0.2) is 39.6 Å². The van der Waals surface area contributed by atoms with Crippen molar-refractivity contribution < 1.29 is 4.52 Å². The summed E-state index contributed by atoms with van der Waals surface area (Å²) in [7, 11) is 0. The molecule has 0 spiro atoms. The topological polar surface area (TPSA) is 72.0 Å². The minimum atomic E-state index is -0.398. The second-order valence-corrected chi connectivity index (χ2v) is 3.41. The molecule has 4 nitrogen and oxygen atoms in total. The molecular weight excluding hydrogens is 192 g/mol. The molecule has 1 atom stereocenters. The highest BCUT2D eigenvalue weighted by molar-refractivity contribution is 5.28. The van der Waals surface area contributed by atoms with Gasteiger partial charge in [0.15, 0.2) is 5.76 Å². The van der Waals surface area contributed by atoms with E-state index in [1.54, 1.807) is 6.92 Å². The lowest BCUT2D eigenvalue weighted by molar-refractivity contribution is 0.367. The average molecular weight is 204 g/mol. The maximum absolute atomic E-state index is 11.2. The van der Waals surface area contributed by atoms with Crippen LogP contribution in [-0.4, -0.2) is 5.16 Å². The number of aromatic amines is 1. The standard InChI is InChI=1S/C11H12N2O2/c1-7-10(15-13-11(7)14)9(12)8-5-3-2-4-6-8/h2-6,9H,12H2,1H3,(H,13,14). The van der Waals surface area contributed by atoms with E-state index in [0.29, 0.717) is 11.3 Å². The van der Waals surface area contributed by atoms with E-state index < -0.39 is 6.04 Å². The third kappa shape index (κ3) is 1.71. The van der Waals surface area contributed by atoms with Gasteiger partial charge in [0, 0.05) is 0 Å². The Hall–Kier alpha value is -1.81. The van der Waals surface area contributed by atoms with Gasteiger partial charge in [0.2, 0.25) is 0 Å². The molecule has 0 fully saturated rings. The number of rotatable bonds is 2. The first-order valence-corrected chi connectivity index (χ1v) is 4.68. The summed E-state index contributed by atoms with van der Waals surface area (Å²) in [5.41, 5.74) is 7.21. The van der Waals surface area contributed by atoms with Crippen LogP contribution in [0.25, 0.3) is 0 Å². The van der Waals surface area contributed by atoms with E-state index in [1.807, 2.05) is 30.3 Å². The van der Waals surface area contributed by atoms with Crippen molar-refractivity contribution in [3.63, 3.8) is 0 Å². The van der Waals surface area contributed by atoms with Crippen molar-refractivity contribution in [2.24, 2.45) is 5.73 Å². The van der Waals surface area contributed by atoms with Crippen molar-refractivity contribution in [3.8, 4) is 0 Å². The van der Waals surface area contributed by atoms with Crippen molar-refractivity contribution in [2.75, 3.05) is 0 Å². The quantitative estimate of drug-likeness (QED) is 0.775. The number of benzene rings is 1. The Morgan fingerprint density at radius 2 is 2.00 bits per heavy atom. The summed E-state index contributed by atoms with van der Waals surface area (Å²) >= 11 is 0. The van der Waals surface area contributed by atoms with Gasteiger partial charge in [-0.3, -0.25) is 4.79 Å². The predicted molar refractivity (Wildman–Crippen MR) is 56.5 cm³/mol. The van der Waals surface area contributed by atoms with Crippen LogP contribution in [-0.2, 0) is 0 Å². The minimum absolute atomic E-state index is 0.226. The van der Waals surface area contributed by atoms with E-state index in [9.17, 15) is 4.79 Å². The van der Waals surface area contributed by atoms with E-state index in [4.69, 9.17) is 10.3 Å². The Morgan fingerprint density at radius 1 is 1.33 bits per heavy atom. The van der Waals surface area contributed by atoms with Crippen LogP contribution in [0.2, 0.25) is 0 Å². The lowest BCUT2D eigenvalue weighted by atomic mass is 10.0. The Kier molecular flexibility index (Phi) is 2.43. The fourth-order valence-electron chi connectivity index (χ4n) is 1.47. The van der Waals surface area contributed by atoms with Crippen LogP contribution in [0.4, 0.5) is 0 Å². The number of nitrogens with two attached hydrogens (primary N) is 1. The Morgan fingerprint density at radius 3 is 2.53 bits per heavy atom. The van der Waals surface area contributed by atoms with Gasteiger partial charge < -0.3 is 10.3 Å². The van der Waals surface area contributed by atoms with Gasteiger partial charge in [-0.05, 0) is 12.5 Å². The normalized spacial score (nSPS) is 12.7. The number of hydrogen-bond donors (Lipinski definition) is 2. The molecule has 1 aromatic carbocycles. The van der Waals surface area contributed by atoms with Gasteiger partial charge in [-0.25, -0.2) is 0 Å². The summed E-state index contributed by atoms with van der Waals surface area (Å²) in [6, 6.07) is 9.11. The molecule has 0 aliphatic rings. The largest absolute Gasteiger partial charge is 0.381 e. The summed E-state index contributed by atoms with van der Waals surface area (Å²) < 4.78 is 5.05. The highest BCUT2D eigenvalue weighted by atomic mass is 16.5. The van der Waals surface area contributed by atoms with Crippen molar-refractivity contribution in [1.82, 2.24) is 5.16 Å². The van der Waals surface area contributed by atoms with Crippen LogP contribution >= 0.6 is 0 Å². The average Bonchev–Trinajstić information content (AvgIpc) is 2.60. The number of H-pyrrole nitrogens is 1. The molecule has 0 bridgehead atoms. The fraction of sp³-hybridized carbons (Fsp3) is 0.182. The van der Waals surface area contributed by atoms with E-state index >= 15 is 0 Å². The molecular formula is C11H12N2O2. The van der Waals surface area contributed by atoms with Gasteiger partial charge in [-0.1, -0.05) is 30.3 Å². The molecule has 0 amide bonds. The van der Waals surface area contributed by atoms with E-state index in [2.05, 4.69) is 5.16 Å². The van der Waals surface area contributed by atoms with Crippen molar-refractivity contribution in [1.29, 1.82) is 0 Å². The molecule has 0 radical (unpaired) electrons. The first kappa shape index (κ1) is 9.73. The zero-order chi connectivity index (χ0) is 10.8. The first-order valence-electron chi connectivity index (χ1n) is 4.68. The maximum Gasteiger partial charge on any atom is 0.283 e. The molecule has 1 aromatic heterocycles. The van der Waals surface area contributed by atoms with Crippen molar-refractivity contribution >= 4 is 0 Å². The first-order chi connectivity index (χ1) is 7.20. The third-order valence-electron chi connectivity index (χ3n) is 2.41. The van der Waals surface area contributed by atoms with Crippen LogP contribution < -0.4 is 11.3 Å². The maximum atomic E-state index is 11.2. The summed E-state index contributed by atoms with van der Waals surface area (Å²) in [5.74, 6) is 0.492. The van der Waals surface area contributed by atoms with Crippen molar-refractivity contribution in [2.45, 2.75) is 13.0 Å². The number of nitrogens with one attached hydrogen (secondary N) is 1. The van der Waals surface area contributed by atoms with Gasteiger partial charge >= 0.3 is 0 Å². The molecule has 2 aromatic rings. The molecule has 3 N–H and O–H groups in total. The van der Waals surface area contributed by atoms with Gasteiger partial charge in [0.05, 0.1) is 11.6 Å². The molecule has 15 heavy (non-hydrogen) atoms. The fourth-order valence-corrected chi connectivity index (χ4v) is 1.47. The number of aromatic nitrogens is 1. The molecule has 1 heterocycles. The third-order valence-corrected chi connectivity index (χ3v) is 2.41. The molecule has 0 saturated heterocycles. The second-order valence-electron chi connectivity index (χ2n) is 3.41. The van der Waals surface area contributed by atoms with Gasteiger partial charge in [0.1, 0.15) is 0 Å². The van der Waals surface area contributed by atoms with Crippen LogP contribution in [0.3, 0.4) is 0 Å². The SMILES string of the molecule is Cc1c(C(N)c2ccccc2)o[nH]c1=O. The highest BCUT2D eigenvalue weighted by Crippen LogP contribution is 2.19. The number of hydrogen-bond acceptors (Lipinski definition) is 3. The van der Waals surface area contributed by atoms with E-state index in [0.717, 1.165) is 5.56 Å². The Labute approximate surface area is 86.7 Å². The Bertz CT molecular complexity index is 499. The molecule has 78 valence electrons. The molecule has 0 saturated carbocycles. The van der Waals surface area contributed by atoms with Crippen LogP contribution in [0.1, 0.15) is 22.9 Å². The molecule has 0 aliphatic carbocycles. The Balaban J connectivity index is 2.41. The zero-order valence-corrected chi connectivity index (χ0v) is 8.36. The minimum Gasteiger partial charge on any atom is -0.381 e.